The van der Waals surface area contributed by atoms with Crippen LogP contribution in [-0.2, 0) is 12.5 Å². The summed E-state index contributed by atoms with van der Waals surface area (Å²) in [5, 5.41) is 8.69. The molecule has 6 heteroatoms. The van der Waals surface area contributed by atoms with Crippen molar-refractivity contribution in [1.29, 1.82) is 0 Å². The molecule has 0 saturated heterocycles. The molecule has 2 nitrogen and oxygen atoms in total. The normalized spacial score (nSPS) is 11.0. The van der Waals surface area contributed by atoms with Gasteiger partial charge in [-0.15, -0.1) is 11.6 Å². The van der Waals surface area contributed by atoms with E-state index < -0.39 is 24.5 Å². The molecular weight excluding hydrogens is 219 g/mol. The number of halogens is 4. The molecule has 1 aromatic heterocycles. The van der Waals surface area contributed by atoms with E-state index in [1.165, 1.54) is 0 Å². The molecule has 1 N–H and O–H groups in total. The van der Waals surface area contributed by atoms with Crippen LogP contribution in [0, 0.1) is 5.82 Å². The Labute approximate surface area is 83.3 Å². The van der Waals surface area contributed by atoms with Crippen LogP contribution < -0.4 is 0 Å². The number of aromatic nitrogens is 1. The summed E-state index contributed by atoms with van der Waals surface area (Å²) in [6, 6.07) is 0.829. The summed E-state index contributed by atoms with van der Waals surface area (Å²) in [6.45, 7) is -0.655. The van der Waals surface area contributed by atoms with E-state index in [1.54, 1.807) is 0 Å². The average molecular weight is 226 g/mol. The second-order valence-corrected chi connectivity index (χ2v) is 2.83. The summed E-state index contributed by atoms with van der Waals surface area (Å²) in [5.41, 5.74) is -1.06. The average Bonchev–Trinajstić information content (AvgIpc) is 2.17. The van der Waals surface area contributed by atoms with Crippen LogP contribution in [0.5, 0.6) is 0 Å². The van der Waals surface area contributed by atoms with E-state index >= 15 is 0 Å². The minimum Gasteiger partial charge on any atom is -0.392 e. The fourth-order valence-electron chi connectivity index (χ4n) is 0.980. The van der Waals surface area contributed by atoms with Crippen molar-refractivity contribution >= 4 is 11.6 Å². The van der Waals surface area contributed by atoms with E-state index in [0.717, 1.165) is 6.07 Å². The summed E-state index contributed by atoms with van der Waals surface area (Å²) in [7, 11) is 0. The zero-order valence-electron chi connectivity index (χ0n) is 6.98. The second-order valence-electron chi connectivity index (χ2n) is 2.56. The van der Waals surface area contributed by atoms with Crippen LogP contribution in [0.25, 0.3) is 0 Å². The summed E-state index contributed by atoms with van der Waals surface area (Å²) in [4.78, 5) is 3.33. The standard InChI is InChI=1S/C8H7ClF3NO/c9-2-6-7(10)4(3-14)1-5(13-6)8(11)12/h1,8,14H,2-3H2. The molecule has 0 atom stereocenters. The lowest BCUT2D eigenvalue weighted by atomic mass is 10.2. The number of pyridine rings is 1. The Morgan fingerprint density at radius 3 is 2.57 bits per heavy atom. The van der Waals surface area contributed by atoms with Crippen molar-refractivity contribution in [1.82, 2.24) is 4.98 Å². The summed E-state index contributed by atoms with van der Waals surface area (Å²) in [5.74, 6) is -1.13. The highest BCUT2D eigenvalue weighted by Crippen LogP contribution is 2.22. The molecule has 1 aromatic rings. The highest BCUT2D eigenvalue weighted by molar-refractivity contribution is 6.16. The fraction of sp³-hybridized carbons (Fsp3) is 0.375. The molecule has 0 aliphatic rings. The smallest absolute Gasteiger partial charge is 0.280 e. The van der Waals surface area contributed by atoms with Gasteiger partial charge in [-0.3, -0.25) is 0 Å². The topological polar surface area (TPSA) is 33.1 Å². The third-order valence-electron chi connectivity index (χ3n) is 1.64. The highest BCUT2D eigenvalue weighted by atomic mass is 35.5. The van der Waals surface area contributed by atoms with Gasteiger partial charge in [-0.05, 0) is 6.07 Å². The molecule has 0 unspecified atom stereocenters. The quantitative estimate of drug-likeness (QED) is 0.802. The van der Waals surface area contributed by atoms with Crippen molar-refractivity contribution < 1.29 is 18.3 Å². The molecular formula is C8H7ClF3NO. The van der Waals surface area contributed by atoms with E-state index in [2.05, 4.69) is 4.98 Å². The Morgan fingerprint density at radius 1 is 1.50 bits per heavy atom. The highest BCUT2D eigenvalue weighted by Gasteiger charge is 2.16. The van der Waals surface area contributed by atoms with Crippen molar-refractivity contribution in [3.05, 3.63) is 28.8 Å². The van der Waals surface area contributed by atoms with Crippen molar-refractivity contribution in [2.75, 3.05) is 0 Å². The molecule has 0 saturated carbocycles. The first-order valence-electron chi connectivity index (χ1n) is 3.73. The van der Waals surface area contributed by atoms with E-state index in [4.69, 9.17) is 16.7 Å². The van der Waals surface area contributed by atoms with Crippen LogP contribution in [0.2, 0.25) is 0 Å². The number of rotatable bonds is 3. The van der Waals surface area contributed by atoms with E-state index in [9.17, 15) is 13.2 Å². The van der Waals surface area contributed by atoms with Gasteiger partial charge in [0.25, 0.3) is 6.43 Å². The lowest BCUT2D eigenvalue weighted by Gasteiger charge is -2.06. The molecule has 78 valence electrons. The predicted octanol–water partition coefficient (Wildman–Crippen LogP) is 2.39. The molecule has 0 fully saturated rings. The Bertz CT molecular complexity index is 307. The van der Waals surface area contributed by atoms with Crippen molar-refractivity contribution in [2.24, 2.45) is 0 Å². The largest absolute Gasteiger partial charge is 0.392 e. The minimum absolute atomic E-state index is 0.217. The first-order valence-corrected chi connectivity index (χ1v) is 4.26. The number of hydrogen-bond acceptors (Lipinski definition) is 2. The van der Waals surface area contributed by atoms with Crippen LogP contribution >= 0.6 is 11.6 Å². The van der Waals surface area contributed by atoms with Crippen molar-refractivity contribution in [3.63, 3.8) is 0 Å². The number of aliphatic hydroxyl groups excluding tert-OH is 1. The number of alkyl halides is 3. The van der Waals surface area contributed by atoms with Crippen molar-refractivity contribution in [3.8, 4) is 0 Å². The van der Waals surface area contributed by atoms with Crippen LogP contribution in [0.15, 0.2) is 6.07 Å². The van der Waals surface area contributed by atoms with E-state index in [1.807, 2.05) is 0 Å². The first-order chi connectivity index (χ1) is 6.60. The lowest BCUT2D eigenvalue weighted by Crippen LogP contribution is -2.03. The molecule has 0 aromatic carbocycles. The Kier molecular flexibility index (Phi) is 3.71. The maximum absolute atomic E-state index is 13.2. The molecule has 14 heavy (non-hydrogen) atoms. The second kappa shape index (κ2) is 4.61. The minimum atomic E-state index is -2.80. The molecule has 0 radical (unpaired) electrons. The lowest BCUT2D eigenvalue weighted by molar-refractivity contribution is 0.145. The van der Waals surface area contributed by atoms with Gasteiger partial charge in [0.2, 0.25) is 0 Å². The summed E-state index contributed by atoms with van der Waals surface area (Å²) < 4.78 is 37.6. The van der Waals surface area contributed by atoms with E-state index in [-0.39, 0.29) is 17.1 Å². The molecule has 0 bridgehead atoms. The van der Waals surface area contributed by atoms with Gasteiger partial charge in [-0.1, -0.05) is 0 Å². The van der Waals surface area contributed by atoms with Crippen LogP contribution in [0.3, 0.4) is 0 Å². The van der Waals surface area contributed by atoms with Gasteiger partial charge in [-0.2, -0.15) is 0 Å². The molecule has 0 amide bonds. The molecule has 0 aliphatic carbocycles. The first kappa shape index (κ1) is 11.3. The maximum atomic E-state index is 13.2. The summed E-state index contributed by atoms with van der Waals surface area (Å²) in [6.07, 6.45) is -2.80. The van der Waals surface area contributed by atoms with Gasteiger partial charge in [0.1, 0.15) is 5.69 Å². The SMILES string of the molecule is OCc1cc(C(F)F)nc(CCl)c1F. The number of nitrogens with zero attached hydrogens (tertiary/aromatic N) is 1. The Morgan fingerprint density at radius 2 is 2.14 bits per heavy atom. The van der Waals surface area contributed by atoms with E-state index in [0.29, 0.717) is 0 Å². The Hall–Kier alpha value is -0.810. The number of aliphatic hydroxyl groups is 1. The zero-order valence-corrected chi connectivity index (χ0v) is 7.73. The van der Waals surface area contributed by atoms with Crippen LogP contribution in [0.4, 0.5) is 13.2 Å². The molecule has 1 rings (SSSR count). The third-order valence-corrected chi connectivity index (χ3v) is 1.90. The van der Waals surface area contributed by atoms with Gasteiger partial charge in [0.05, 0.1) is 18.2 Å². The zero-order chi connectivity index (χ0) is 10.7. The summed E-state index contributed by atoms with van der Waals surface area (Å²) >= 11 is 5.31. The third kappa shape index (κ3) is 2.16. The van der Waals surface area contributed by atoms with Gasteiger partial charge in [0.15, 0.2) is 5.82 Å². The van der Waals surface area contributed by atoms with Gasteiger partial charge in [-0.25, -0.2) is 18.2 Å². The molecule has 0 aliphatic heterocycles. The van der Waals surface area contributed by atoms with Gasteiger partial charge in [0, 0.05) is 5.56 Å². The monoisotopic (exact) mass is 225 g/mol. The van der Waals surface area contributed by atoms with Crippen LogP contribution in [0.1, 0.15) is 23.4 Å². The fourth-order valence-corrected chi connectivity index (χ4v) is 1.16. The maximum Gasteiger partial charge on any atom is 0.280 e. The van der Waals surface area contributed by atoms with Crippen molar-refractivity contribution in [2.45, 2.75) is 18.9 Å². The molecule has 0 spiro atoms. The molecule has 1 heterocycles. The van der Waals surface area contributed by atoms with Crippen LogP contribution in [-0.4, -0.2) is 10.1 Å². The number of hydrogen-bond donors (Lipinski definition) is 1. The van der Waals surface area contributed by atoms with Gasteiger partial charge < -0.3 is 5.11 Å². The predicted molar refractivity (Wildman–Crippen MR) is 44.6 cm³/mol. The Balaban J connectivity index is 3.25. The van der Waals surface area contributed by atoms with Gasteiger partial charge >= 0.3 is 0 Å².